The van der Waals surface area contributed by atoms with Gasteiger partial charge in [-0.15, -0.1) is 0 Å². The first-order valence-corrected chi connectivity index (χ1v) is 9.44. The van der Waals surface area contributed by atoms with E-state index in [1.165, 1.54) is 0 Å². The van der Waals surface area contributed by atoms with E-state index >= 15 is 0 Å². The fourth-order valence-electron chi connectivity index (χ4n) is 3.62. The van der Waals surface area contributed by atoms with Gasteiger partial charge in [0.25, 0.3) is 5.56 Å². The number of ether oxygens (including phenoxy) is 3. The van der Waals surface area contributed by atoms with Crippen molar-refractivity contribution in [3.63, 3.8) is 0 Å². The lowest BCUT2D eigenvalue weighted by molar-refractivity contribution is 0.0472. The number of rotatable bonds is 5. The van der Waals surface area contributed by atoms with Crippen molar-refractivity contribution in [3.05, 3.63) is 63.2 Å². The van der Waals surface area contributed by atoms with Crippen LogP contribution >= 0.6 is 0 Å². The predicted octanol–water partition coefficient (Wildman–Crippen LogP) is 3.03. The second-order valence-electron chi connectivity index (χ2n) is 7.03. The molecule has 0 bridgehead atoms. The number of carbonyl (C=O) groups excluding carboxylic acids is 1. The molecule has 0 unspecified atom stereocenters. The highest BCUT2D eigenvalue weighted by Crippen LogP contribution is 2.30. The van der Waals surface area contributed by atoms with Crippen molar-refractivity contribution < 1.29 is 19.0 Å². The molecule has 1 aliphatic rings. The summed E-state index contributed by atoms with van der Waals surface area (Å²) in [6.07, 6.45) is 1.69. The van der Waals surface area contributed by atoms with Crippen LogP contribution in [0.2, 0.25) is 0 Å². The van der Waals surface area contributed by atoms with E-state index in [0.717, 1.165) is 29.8 Å². The van der Waals surface area contributed by atoms with Crippen LogP contribution in [0.25, 0.3) is 10.9 Å². The highest BCUT2D eigenvalue weighted by Gasteiger charge is 2.18. The molecule has 4 rings (SSSR count). The second-order valence-corrected chi connectivity index (χ2v) is 7.03. The maximum atomic E-state index is 12.6. The van der Waals surface area contributed by atoms with Gasteiger partial charge in [-0.1, -0.05) is 0 Å². The van der Waals surface area contributed by atoms with E-state index < -0.39 is 5.97 Å². The molecule has 0 saturated carbocycles. The average molecular weight is 394 g/mol. The zero-order chi connectivity index (χ0) is 20.5. The van der Waals surface area contributed by atoms with Gasteiger partial charge in [0.15, 0.2) is 11.5 Å². The monoisotopic (exact) mass is 394 g/mol. The first-order chi connectivity index (χ1) is 14.0. The molecule has 1 aromatic heterocycles. The van der Waals surface area contributed by atoms with Crippen molar-refractivity contribution in [2.75, 3.05) is 14.2 Å². The molecule has 2 heterocycles. The van der Waals surface area contributed by atoms with Crippen molar-refractivity contribution >= 4 is 16.9 Å². The molecule has 2 aromatic carbocycles. The molecule has 0 radical (unpaired) electrons. The number of aryl methyl sites for hydroxylation is 2. The van der Waals surface area contributed by atoms with Crippen LogP contribution in [0.5, 0.6) is 11.5 Å². The maximum Gasteiger partial charge on any atom is 0.338 e. The van der Waals surface area contributed by atoms with Crippen LogP contribution < -0.4 is 15.0 Å². The van der Waals surface area contributed by atoms with Gasteiger partial charge >= 0.3 is 5.97 Å². The molecule has 0 amide bonds. The minimum atomic E-state index is -0.469. The van der Waals surface area contributed by atoms with Crippen LogP contribution in [0.15, 0.2) is 35.1 Å². The fraction of sp³-hybridized carbons (Fsp3) is 0.318. The number of fused-ring (bicyclic) bond motifs is 2. The van der Waals surface area contributed by atoms with Gasteiger partial charge in [-0.05, 0) is 54.8 Å². The average Bonchev–Trinajstić information content (AvgIpc) is 3.20. The number of aromatic nitrogens is 2. The van der Waals surface area contributed by atoms with Gasteiger partial charge in [0, 0.05) is 13.0 Å². The minimum Gasteiger partial charge on any atom is -0.493 e. The number of carbonyl (C=O) groups is 1. The van der Waals surface area contributed by atoms with Crippen molar-refractivity contribution in [2.24, 2.45) is 0 Å². The molecule has 0 fully saturated rings. The molecule has 1 aliphatic heterocycles. The normalized spacial score (nSPS) is 12.7. The van der Waals surface area contributed by atoms with Crippen molar-refractivity contribution in [3.8, 4) is 11.5 Å². The van der Waals surface area contributed by atoms with E-state index in [1.807, 2.05) is 13.0 Å². The zero-order valence-electron chi connectivity index (χ0n) is 16.7. The van der Waals surface area contributed by atoms with Crippen molar-refractivity contribution in [1.29, 1.82) is 0 Å². The summed E-state index contributed by atoms with van der Waals surface area (Å²) in [7, 11) is 3.14. The third-order valence-corrected chi connectivity index (χ3v) is 5.25. The van der Waals surface area contributed by atoms with E-state index in [1.54, 1.807) is 43.1 Å². The highest BCUT2D eigenvalue weighted by molar-refractivity contribution is 5.94. The summed E-state index contributed by atoms with van der Waals surface area (Å²) >= 11 is 0. The van der Waals surface area contributed by atoms with Gasteiger partial charge in [0.05, 0.1) is 30.7 Å². The molecule has 0 aliphatic carbocycles. The maximum absolute atomic E-state index is 12.6. The molecule has 0 spiro atoms. The quantitative estimate of drug-likeness (QED) is 0.619. The van der Waals surface area contributed by atoms with Gasteiger partial charge in [0.1, 0.15) is 12.4 Å². The standard InChI is InChI=1S/C22H22N2O5/c1-13-9-18(27-2)19(28-3)11-15(13)12-29-22(26)14-6-7-16-17(10-14)23-20-5-4-8-24(20)21(16)25/h6-7,9-11H,4-5,8,12H2,1-3H3. The molecule has 0 N–H and O–H groups in total. The van der Waals surface area contributed by atoms with Crippen LogP contribution in [0, 0.1) is 6.92 Å². The number of esters is 1. The van der Waals surface area contributed by atoms with Crippen LogP contribution in [-0.4, -0.2) is 29.7 Å². The summed E-state index contributed by atoms with van der Waals surface area (Å²) in [6, 6.07) is 8.52. The number of benzene rings is 2. The van der Waals surface area contributed by atoms with Gasteiger partial charge < -0.3 is 14.2 Å². The molecular weight excluding hydrogens is 372 g/mol. The Kier molecular flexibility index (Phi) is 4.96. The number of methoxy groups -OCH3 is 2. The van der Waals surface area contributed by atoms with Crippen molar-refractivity contribution in [1.82, 2.24) is 9.55 Å². The highest BCUT2D eigenvalue weighted by atomic mass is 16.5. The molecule has 0 atom stereocenters. The van der Waals surface area contributed by atoms with Crippen LogP contribution in [0.3, 0.4) is 0 Å². The molecule has 7 nitrogen and oxygen atoms in total. The van der Waals surface area contributed by atoms with E-state index in [2.05, 4.69) is 4.98 Å². The summed E-state index contributed by atoms with van der Waals surface area (Å²) in [5.74, 6) is 1.50. The van der Waals surface area contributed by atoms with E-state index in [0.29, 0.717) is 34.5 Å². The third kappa shape index (κ3) is 3.44. The topological polar surface area (TPSA) is 79.7 Å². The summed E-state index contributed by atoms with van der Waals surface area (Å²) < 4.78 is 17.8. The lowest BCUT2D eigenvalue weighted by Gasteiger charge is -2.13. The number of nitrogens with zero attached hydrogens (tertiary/aromatic N) is 2. The Bertz CT molecular complexity index is 1170. The fourth-order valence-corrected chi connectivity index (χ4v) is 3.62. The molecule has 0 saturated heterocycles. The van der Waals surface area contributed by atoms with E-state index in [4.69, 9.17) is 14.2 Å². The zero-order valence-corrected chi connectivity index (χ0v) is 16.7. The van der Waals surface area contributed by atoms with E-state index in [-0.39, 0.29) is 12.2 Å². The van der Waals surface area contributed by atoms with E-state index in [9.17, 15) is 9.59 Å². The molecular formula is C22H22N2O5. The Morgan fingerprint density at radius 3 is 2.66 bits per heavy atom. The molecule has 29 heavy (non-hydrogen) atoms. The Labute approximate surface area is 167 Å². The van der Waals surface area contributed by atoms with Crippen molar-refractivity contribution in [2.45, 2.75) is 32.9 Å². The Hall–Kier alpha value is -3.35. The molecule has 3 aromatic rings. The molecule has 7 heteroatoms. The molecule has 150 valence electrons. The minimum absolute atomic E-state index is 0.0524. The number of hydrogen-bond donors (Lipinski definition) is 0. The van der Waals surface area contributed by atoms with Gasteiger partial charge in [-0.3, -0.25) is 9.36 Å². The first-order valence-electron chi connectivity index (χ1n) is 9.44. The summed E-state index contributed by atoms with van der Waals surface area (Å²) in [6.45, 7) is 2.72. The lowest BCUT2D eigenvalue weighted by Crippen LogP contribution is -2.21. The van der Waals surface area contributed by atoms with Crippen LogP contribution in [0.1, 0.15) is 33.7 Å². The largest absolute Gasteiger partial charge is 0.493 e. The van der Waals surface area contributed by atoms with Crippen LogP contribution in [-0.2, 0) is 24.3 Å². The second kappa shape index (κ2) is 7.58. The predicted molar refractivity (Wildman–Crippen MR) is 108 cm³/mol. The lowest BCUT2D eigenvalue weighted by atomic mass is 10.1. The Balaban J connectivity index is 1.57. The van der Waals surface area contributed by atoms with Gasteiger partial charge in [-0.25, -0.2) is 9.78 Å². The van der Waals surface area contributed by atoms with Gasteiger partial charge in [-0.2, -0.15) is 0 Å². The number of hydrogen-bond acceptors (Lipinski definition) is 6. The Morgan fingerprint density at radius 1 is 1.14 bits per heavy atom. The summed E-state index contributed by atoms with van der Waals surface area (Å²) in [5.41, 5.74) is 2.60. The third-order valence-electron chi connectivity index (χ3n) is 5.25. The Morgan fingerprint density at radius 2 is 1.90 bits per heavy atom. The van der Waals surface area contributed by atoms with Crippen LogP contribution in [0.4, 0.5) is 0 Å². The summed E-state index contributed by atoms with van der Waals surface area (Å²) in [5, 5.41) is 0.517. The van der Waals surface area contributed by atoms with Gasteiger partial charge in [0.2, 0.25) is 0 Å². The first kappa shape index (κ1) is 19.0. The summed E-state index contributed by atoms with van der Waals surface area (Å²) in [4.78, 5) is 29.7. The SMILES string of the molecule is COc1cc(C)c(COC(=O)c2ccc3c(=O)n4c(nc3c2)CCC4)cc1OC. The smallest absolute Gasteiger partial charge is 0.338 e.